The minimum absolute atomic E-state index is 0.682. The van der Waals surface area contributed by atoms with Gasteiger partial charge in [0.15, 0.2) is 0 Å². The third kappa shape index (κ3) is 2.80. The normalized spacial score (nSPS) is 14.8. The zero-order chi connectivity index (χ0) is 15.6. The summed E-state index contributed by atoms with van der Waals surface area (Å²) in [4.78, 5) is 2.37. The van der Waals surface area contributed by atoms with Crippen LogP contribution in [0.4, 0.5) is 0 Å². The quantitative estimate of drug-likeness (QED) is 0.743. The minimum atomic E-state index is 0.682. The Kier molecular flexibility index (Phi) is 3.71. The van der Waals surface area contributed by atoms with Gasteiger partial charge in [-0.05, 0) is 18.4 Å². The zero-order valence-corrected chi connectivity index (χ0v) is 13.3. The molecule has 0 amide bonds. The fraction of sp³-hybridized carbons (Fsp3) is 0.333. The Morgan fingerprint density at radius 1 is 1.04 bits per heavy atom. The summed E-state index contributed by atoms with van der Waals surface area (Å²) in [6.45, 7) is 6.42. The first-order valence-electron chi connectivity index (χ1n) is 8.03. The van der Waals surface area contributed by atoms with E-state index in [2.05, 4.69) is 50.0 Å². The maximum absolute atomic E-state index is 6.03. The number of hydrogen-bond acceptors (Lipinski definition) is 4. The van der Waals surface area contributed by atoms with Crippen LogP contribution in [-0.2, 0) is 13.1 Å². The van der Waals surface area contributed by atoms with Gasteiger partial charge in [-0.3, -0.25) is 4.90 Å². The molecule has 0 unspecified atom stereocenters. The predicted octanol–water partition coefficient (Wildman–Crippen LogP) is 2.63. The molecule has 1 aromatic heterocycles. The molecule has 5 nitrogen and oxygen atoms in total. The van der Waals surface area contributed by atoms with E-state index < -0.39 is 0 Å². The van der Waals surface area contributed by atoms with Gasteiger partial charge in [0.05, 0.1) is 6.54 Å². The second-order valence-electron chi connectivity index (χ2n) is 5.92. The summed E-state index contributed by atoms with van der Waals surface area (Å²) < 4.78 is 8.23. The summed E-state index contributed by atoms with van der Waals surface area (Å²) in [5.41, 5.74) is 0. The van der Waals surface area contributed by atoms with Gasteiger partial charge < -0.3 is 9.30 Å². The molecule has 0 radical (unpaired) electrons. The van der Waals surface area contributed by atoms with Crippen LogP contribution < -0.4 is 4.74 Å². The molecule has 1 aliphatic heterocycles. The molecule has 0 atom stereocenters. The molecule has 0 saturated carbocycles. The highest BCUT2D eigenvalue weighted by Crippen LogP contribution is 2.25. The van der Waals surface area contributed by atoms with Crippen molar-refractivity contribution < 1.29 is 4.74 Å². The fourth-order valence-electron chi connectivity index (χ4n) is 3.15. The predicted molar refractivity (Wildman–Crippen MR) is 89.5 cm³/mol. The molecule has 5 heteroatoms. The lowest BCUT2D eigenvalue weighted by atomic mass is 10.1. The van der Waals surface area contributed by atoms with Crippen molar-refractivity contribution in [1.29, 1.82) is 0 Å². The average molecular weight is 308 g/mol. The van der Waals surface area contributed by atoms with Gasteiger partial charge in [-0.1, -0.05) is 36.4 Å². The van der Waals surface area contributed by atoms with E-state index in [1.165, 1.54) is 10.8 Å². The SMILES string of the molecule is Cc1nnc2n1CCN(CCOc1cccc3ccccc13)C2. The lowest BCUT2D eigenvalue weighted by Gasteiger charge is -2.27. The van der Waals surface area contributed by atoms with Crippen molar-refractivity contribution in [3.05, 3.63) is 54.1 Å². The van der Waals surface area contributed by atoms with Crippen LogP contribution in [0.3, 0.4) is 0 Å². The van der Waals surface area contributed by atoms with Crippen molar-refractivity contribution in [3.63, 3.8) is 0 Å². The summed E-state index contributed by atoms with van der Waals surface area (Å²) in [5, 5.41) is 10.8. The Labute approximate surface area is 135 Å². The topological polar surface area (TPSA) is 43.2 Å². The average Bonchev–Trinajstić information content (AvgIpc) is 2.96. The molecular weight excluding hydrogens is 288 g/mol. The van der Waals surface area contributed by atoms with Gasteiger partial charge in [0.25, 0.3) is 0 Å². The van der Waals surface area contributed by atoms with E-state index in [-0.39, 0.29) is 0 Å². The minimum Gasteiger partial charge on any atom is -0.492 e. The van der Waals surface area contributed by atoms with E-state index in [0.29, 0.717) is 6.61 Å². The maximum atomic E-state index is 6.03. The first kappa shape index (κ1) is 14.2. The molecular formula is C18H20N4O. The molecule has 0 spiro atoms. The molecule has 0 aliphatic carbocycles. The number of aryl methyl sites for hydroxylation is 1. The van der Waals surface area contributed by atoms with Crippen molar-refractivity contribution in [2.24, 2.45) is 0 Å². The number of ether oxygens (including phenoxy) is 1. The zero-order valence-electron chi connectivity index (χ0n) is 13.3. The Hall–Kier alpha value is -2.40. The smallest absolute Gasteiger partial charge is 0.147 e. The molecule has 118 valence electrons. The number of rotatable bonds is 4. The first-order chi connectivity index (χ1) is 11.3. The molecule has 0 saturated heterocycles. The van der Waals surface area contributed by atoms with Gasteiger partial charge >= 0.3 is 0 Å². The maximum Gasteiger partial charge on any atom is 0.147 e. The van der Waals surface area contributed by atoms with E-state index in [9.17, 15) is 0 Å². The lowest BCUT2D eigenvalue weighted by molar-refractivity contribution is 0.175. The molecule has 0 N–H and O–H groups in total. The van der Waals surface area contributed by atoms with E-state index in [1.54, 1.807) is 0 Å². The third-order valence-electron chi connectivity index (χ3n) is 4.43. The van der Waals surface area contributed by atoms with Crippen molar-refractivity contribution in [1.82, 2.24) is 19.7 Å². The standard InChI is InChI=1S/C18H20N4O/c1-14-19-20-18-13-21(9-10-22(14)18)11-12-23-17-8-4-6-15-5-2-3-7-16(15)17/h2-8H,9-13H2,1H3. The Balaban J connectivity index is 1.39. The second kappa shape index (κ2) is 6.01. The van der Waals surface area contributed by atoms with Gasteiger partial charge in [0.2, 0.25) is 0 Å². The van der Waals surface area contributed by atoms with Crippen LogP contribution in [0.5, 0.6) is 5.75 Å². The number of benzene rings is 2. The van der Waals surface area contributed by atoms with Crippen molar-refractivity contribution in [2.75, 3.05) is 19.7 Å². The van der Waals surface area contributed by atoms with E-state index in [1.807, 2.05) is 19.1 Å². The summed E-state index contributed by atoms with van der Waals surface area (Å²) in [6, 6.07) is 14.5. The van der Waals surface area contributed by atoms with E-state index in [4.69, 9.17) is 4.74 Å². The van der Waals surface area contributed by atoms with E-state index >= 15 is 0 Å². The molecule has 4 rings (SSSR count). The van der Waals surface area contributed by atoms with Crippen LogP contribution in [0.25, 0.3) is 10.8 Å². The number of fused-ring (bicyclic) bond motifs is 2. The summed E-state index contributed by atoms with van der Waals surface area (Å²) >= 11 is 0. The molecule has 0 fully saturated rings. The van der Waals surface area contributed by atoms with Crippen LogP contribution in [-0.4, -0.2) is 39.4 Å². The summed E-state index contributed by atoms with van der Waals surface area (Å²) in [5.74, 6) is 3.02. The number of hydrogen-bond donors (Lipinski definition) is 0. The molecule has 23 heavy (non-hydrogen) atoms. The van der Waals surface area contributed by atoms with Crippen molar-refractivity contribution in [3.8, 4) is 5.75 Å². The first-order valence-corrected chi connectivity index (χ1v) is 8.03. The molecule has 0 bridgehead atoms. The monoisotopic (exact) mass is 308 g/mol. The van der Waals surface area contributed by atoms with Gasteiger partial charge in [0, 0.05) is 25.0 Å². The van der Waals surface area contributed by atoms with Crippen molar-refractivity contribution in [2.45, 2.75) is 20.0 Å². The van der Waals surface area contributed by atoms with Gasteiger partial charge in [-0.2, -0.15) is 0 Å². The van der Waals surface area contributed by atoms with Gasteiger partial charge in [-0.15, -0.1) is 10.2 Å². The molecule has 3 aromatic rings. The largest absolute Gasteiger partial charge is 0.492 e. The van der Waals surface area contributed by atoms with Gasteiger partial charge in [0.1, 0.15) is 24.0 Å². The second-order valence-corrected chi connectivity index (χ2v) is 5.92. The Morgan fingerprint density at radius 3 is 2.87 bits per heavy atom. The highest BCUT2D eigenvalue weighted by atomic mass is 16.5. The Bertz CT molecular complexity index is 822. The molecule has 2 heterocycles. The van der Waals surface area contributed by atoms with Gasteiger partial charge in [-0.25, -0.2) is 0 Å². The van der Waals surface area contributed by atoms with Crippen LogP contribution in [0.2, 0.25) is 0 Å². The van der Waals surface area contributed by atoms with Crippen LogP contribution >= 0.6 is 0 Å². The van der Waals surface area contributed by atoms with Crippen LogP contribution in [0.15, 0.2) is 42.5 Å². The highest BCUT2D eigenvalue weighted by Gasteiger charge is 2.19. The van der Waals surface area contributed by atoms with Crippen LogP contribution in [0, 0.1) is 6.92 Å². The highest BCUT2D eigenvalue weighted by molar-refractivity contribution is 5.88. The lowest BCUT2D eigenvalue weighted by Crippen LogP contribution is -2.36. The summed E-state index contributed by atoms with van der Waals surface area (Å²) in [6.07, 6.45) is 0. The molecule has 1 aliphatic rings. The Morgan fingerprint density at radius 2 is 1.91 bits per heavy atom. The van der Waals surface area contributed by atoms with Crippen LogP contribution in [0.1, 0.15) is 11.6 Å². The third-order valence-corrected chi connectivity index (χ3v) is 4.43. The summed E-state index contributed by atoms with van der Waals surface area (Å²) in [7, 11) is 0. The number of aromatic nitrogens is 3. The number of nitrogens with zero attached hydrogens (tertiary/aromatic N) is 4. The fourth-order valence-corrected chi connectivity index (χ4v) is 3.15. The van der Waals surface area contributed by atoms with Crippen molar-refractivity contribution >= 4 is 10.8 Å². The van der Waals surface area contributed by atoms with E-state index in [0.717, 1.165) is 43.6 Å². The molecule has 2 aromatic carbocycles.